The lowest BCUT2D eigenvalue weighted by molar-refractivity contribution is -0.125. The normalized spacial score (nSPS) is 26.9. The number of ketones is 1. The van der Waals surface area contributed by atoms with Gasteiger partial charge in [-0.25, -0.2) is 4.98 Å². The highest BCUT2D eigenvalue weighted by molar-refractivity contribution is 5.79. The van der Waals surface area contributed by atoms with Crippen LogP contribution in [0.25, 0.3) is 0 Å². The summed E-state index contributed by atoms with van der Waals surface area (Å²) >= 11 is 0. The summed E-state index contributed by atoms with van der Waals surface area (Å²) in [6, 6.07) is 2.00. The highest BCUT2D eigenvalue weighted by atomic mass is 16.5. The van der Waals surface area contributed by atoms with Crippen molar-refractivity contribution in [2.45, 2.75) is 51.4 Å². The summed E-state index contributed by atoms with van der Waals surface area (Å²) in [5.74, 6) is 4.64. The molecule has 4 heterocycles. The largest absolute Gasteiger partial charge is 0.493 e. The molecule has 31 heavy (non-hydrogen) atoms. The number of aromatic nitrogens is 1. The zero-order chi connectivity index (χ0) is 21.0. The van der Waals surface area contributed by atoms with Gasteiger partial charge >= 0.3 is 0 Å². The third-order valence-corrected chi connectivity index (χ3v) is 7.83. The Morgan fingerprint density at radius 1 is 1.00 bits per heavy atom. The van der Waals surface area contributed by atoms with Crippen molar-refractivity contribution in [3.05, 3.63) is 17.8 Å². The molecule has 3 fully saturated rings. The molecule has 1 saturated carbocycles. The molecule has 3 aliphatic heterocycles. The Balaban J connectivity index is 0.995. The fourth-order valence-corrected chi connectivity index (χ4v) is 5.77. The van der Waals surface area contributed by atoms with E-state index in [1.807, 2.05) is 12.3 Å². The third-order valence-electron chi connectivity index (χ3n) is 7.83. The van der Waals surface area contributed by atoms with Crippen molar-refractivity contribution in [2.75, 3.05) is 57.4 Å². The molecule has 0 N–H and O–H groups in total. The molecule has 1 aromatic heterocycles. The van der Waals surface area contributed by atoms with Gasteiger partial charge in [-0.05, 0) is 43.7 Å². The van der Waals surface area contributed by atoms with Crippen LogP contribution < -0.4 is 9.64 Å². The van der Waals surface area contributed by atoms with Crippen molar-refractivity contribution in [3.8, 4) is 5.75 Å². The minimum Gasteiger partial charge on any atom is -0.493 e. The SMILES string of the molecule is O=C(CC1CCC(CCN2CCN(c3nccc4c3CCO4)CC2)CC1)CC1COC1. The predicted octanol–water partition coefficient (Wildman–Crippen LogP) is 3.33. The zero-order valence-electron chi connectivity index (χ0n) is 18.8. The van der Waals surface area contributed by atoms with Gasteiger partial charge in [-0.1, -0.05) is 12.8 Å². The van der Waals surface area contributed by atoms with Crippen LogP contribution >= 0.6 is 0 Å². The number of ether oxygens (including phenoxy) is 2. The number of anilines is 1. The van der Waals surface area contributed by atoms with Crippen LogP contribution in [0.3, 0.4) is 0 Å². The first-order valence-corrected chi connectivity index (χ1v) is 12.4. The van der Waals surface area contributed by atoms with E-state index in [4.69, 9.17) is 9.47 Å². The summed E-state index contributed by atoms with van der Waals surface area (Å²) in [6.07, 6.45) is 10.9. The number of rotatable bonds is 8. The second-order valence-electron chi connectivity index (χ2n) is 10.1. The lowest BCUT2D eigenvalue weighted by atomic mass is 9.78. The van der Waals surface area contributed by atoms with Crippen LogP contribution in [0, 0.1) is 17.8 Å². The lowest BCUT2D eigenvalue weighted by Gasteiger charge is -2.37. The van der Waals surface area contributed by atoms with Crippen molar-refractivity contribution in [3.63, 3.8) is 0 Å². The molecule has 0 amide bonds. The van der Waals surface area contributed by atoms with E-state index in [1.165, 1.54) is 44.2 Å². The molecule has 5 rings (SSSR count). The van der Waals surface area contributed by atoms with Gasteiger partial charge in [0, 0.05) is 63.1 Å². The summed E-state index contributed by atoms with van der Waals surface area (Å²) in [5.41, 5.74) is 1.30. The second kappa shape index (κ2) is 9.86. The smallest absolute Gasteiger partial charge is 0.135 e. The van der Waals surface area contributed by atoms with Gasteiger partial charge in [0.05, 0.1) is 19.8 Å². The molecule has 0 aromatic carbocycles. The van der Waals surface area contributed by atoms with E-state index in [0.29, 0.717) is 17.6 Å². The fraction of sp³-hybridized carbons (Fsp3) is 0.760. The number of carbonyl (C=O) groups excluding carboxylic acids is 1. The number of fused-ring (bicyclic) bond motifs is 1. The Morgan fingerprint density at radius 3 is 2.48 bits per heavy atom. The first-order chi connectivity index (χ1) is 15.2. The van der Waals surface area contributed by atoms with Crippen molar-refractivity contribution in [1.82, 2.24) is 9.88 Å². The first kappa shape index (κ1) is 21.2. The van der Waals surface area contributed by atoms with Crippen LogP contribution in [-0.4, -0.2) is 68.2 Å². The molecular formula is C25H37N3O3. The molecule has 2 saturated heterocycles. The van der Waals surface area contributed by atoms with E-state index >= 15 is 0 Å². The van der Waals surface area contributed by atoms with Crippen LogP contribution in [0.4, 0.5) is 5.82 Å². The minimum absolute atomic E-state index is 0.472. The standard InChI is InChI=1S/C25H37N3O3/c29-22(16-21-17-30-18-21)15-20-3-1-19(2-4-20)6-9-27-10-12-28(13-11-27)25-23-7-14-31-24(23)5-8-26-25/h5,8,19-21H,1-4,6-7,9-18H2. The molecule has 0 spiro atoms. The fourth-order valence-electron chi connectivity index (χ4n) is 5.77. The molecule has 1 aliphatic carbocycles. The second-order valence-corrected chi connectivity index (χ2v) is 10.1. The van der Waals surface area contributed by atoms with Gasteiger partial charge in [0.15, 0.2) is 0 Å². The molecule has 170 valence electrons. The topological polar surface area (TPSA) is 54.9 Å². The van der Waals surface area contributed by atoms with Gasteiger partial charge in [0.2, 0.25) is 0 Å². The molecule has 0 radical (unpaired) electrons. The number of Topliss-reactive ketones (excluding diaryl/α,β-unsaturated/α-hetero) is 1. The van der Waals surface area contributed by atoms with E-state index in [2.05, 4.69) is 14.8 Å². The summed E-state index contributed by atoms with van der Waals surface area (Å²) in [6.45, 7) is 7.97. The molecule has 0 bridgehead atoms. The number of nitrogens with zero attached hydrogens (tertiary/aromatic N) is 3. The number of pyridine rings is 1. The van der Waals surface area contributed by atoms with E-state index < -0.39 is 0 Å². The molecule has 0 unspecified atom stereocenters. The predicted molar refractivity (Wildman–Crippen MR) is 121 cm³/mol. The summed E-state index contributed by atoms with van der Waals surface area (Å²) < 4.78 is 10.9. The van der Waals surface area contributed by atoms with Crippen LogP contribution in [0.15, 0.2) is 12.3 Å². The van der Waals surface area contributed by atoms with Crippen LogP contribution in [-0.2, 0) is 16.0 Å². The maximum Gasteiger partial charge on any atom is 0.135 e. The molecule has 1 aromatic rings. The Hall–Kier alpha value is -1.66. The average molecular weight is 428 g/mol. The van der Waals surface area contributed by atoms with Gasteiger partial charge in [0.1, 0.15) is 17.4 Å². The van der Waals surface area contributed by atoms with Gasteiger partial charge in [-0.3, -0.25) is 9.69 Å². The minimum atomic E-state index is 0.472. The summed E-state index contributed by atoms with van der Waals surface area (Å²) in [4.78, 5) is 22.0. The summed E-state index contributed by atoms with van der Waals surface area (Å²) in [5, 5.41) is 0. The van der Waals surface area contributed by atoms with Gasteiger partial charge in [-0.2, -0.15) is 0 Å². The first-order valence-electron chi connectivity index (χ1n) is 12.4. The Morgan fingerprint density at radius 2 is 1.74 bits per heavy atom. The number of hydrogen-bond donors (Lipinski definition) is 0. The molecule has 4 aliphatic rings. The maximum absolute atomic E-state index is 12.2. The van der Waals surface area contributed by atoms with E-state index in [0.717, 1.165) is 82.7 Å². The maximum atomic E-state index is 12.2. The van der Waals surface area contributed by atoms with Gasteiger partial charge < -0.3 is 14.4 Å². The molecule has 0 atom stereocenters. The van der Waals surface area contributed by atoms with Crippen LogP contribution in [0.2, 0.25) is 0 Å². The Kier molecular flexibility index (Phi) is 6.75. The molecular weight excluding hydrogens is 390 g/mol. The molecule has 6 nitrogen and oxygen atoms in total. The van der Waals surface area contributed by atoms with Gasteiger partial charge in [0.25, 0.3) is 0 Å². The van der Waals surface area contributed by atoms with Crippen molar-refractivity contribution in [2.24, 2.45) is 17.8 Å². The number of hydrogen-bond acceptors (Lipinski definition) is 6. The number of piperazine rings is 1. The van der Waals surface area contributed by atoms with E-state index in [1.54, 1.807) is 0 Å². The average Bonchev–Trinajstić information content (AvgIpc) is 3.25. The Bertz CT molecular complexity index is 750. The highest BCUT2D eigenvalue weighted by Crippen LogP contribution is 2.34. The van der Waals surface area contributed by atoms with E-state index in [9.17, 15) is 4.79 Å². The van der Waals surface area contributed by atoms with Crippen molar-refractivity contribution in [1.29, 1.82) is 0 Å². The van der Waals surface area contributed by atoms with Crippen molar-refractivity contribution < 1.29 is 14.3 Å². The lowest BCUT2D eigenvalue weighted by Crippen LogP contribution is -2.47. The van der Waals surface area contributed by atoms with Crippen molar-refractivity contribution >= 4 is 11.6 Å². The van der Waals surface area contributed by atoms with Gasteiger partial charge in [-0.15, -0.1) is 0 Å². The third kappa shape index (κ3) is 5.23. The Labute approximate surface area is 186 Å². The van der Waals surface area contributed by atoms with Crippen LogP contribution in [0.5, 0.6) is 5.75 Å². The van der Waals surface area contributed by atoms with Crippen LogP contribution in [0.1, 0.15) is 50.5 Å². The number of carbonyl (C=O) groups is 1. The summed E-state index contributed by atoms with van der Waals surface area (Å²) in [7, 11) is 0. The highest BCUT2D eigenvalue weighted by Gasteiger charge is 2.28. The zero-order valence-corrected chi connectivity index (χ0v) is 18.8. The monoisotopic (exact) mass is 427 g/mol. The molecule has 6 heteroatoms. The quantitative estimate of drug-likeness (QED) is 0.634. The van der Waals surface area contributed by atoms with E-state index in [-0.39, 0.29) is 0 Å².